The summed E-state index contributed by atoms with van der Waals surface area (Å²) in [7, 11) is 0. The number of aliphatic hydroxyl groups excluding tert-OH is 1. The molecule has 1 atom stereocenters. The van der Waals surface area contributed by atoms with Crippen molar-refractivity contribution in [2.75, 3.05) is 13.1 Å². The van der Waals surface area contributed by atoms with E-state index in [1.54, 1.807) is 12.3 Å². The van der Waals surface area contributed by atoms with E-state index >= 15 is 0 Å². The van der Waals surface area contributed by atoms with Gasteiger partial charge in [0.1, 0.15) is 0 Å². The molecule has 2 aromatic rings. The number of benzene rings is 1. The van der Waals surface area contributed by atoms with E-state index in [1.165, 1.54) is 0 Å². The van der Waals surface area contributed by atoms with Crippen molar-refractivity contribution in [1.29, 1.82) is 0 Å². The number of nitrogens with zero attached hydrogens (tertiary/aromatic N) is 2. The van der Waals surface area contributed by atoms with Crippen LogP contribution in [0.3, 0.4) is 0 Å². The zero-order chi connectivity index (χ0) is 16.5. The van der Waals surface area contributed by atoms with E-state index in [0.29, 0.717) is 29.6 Å². The molecule has 0 aliphatic carbocycles. The number of aliphatic imine (C=N–C) groups is 1. The van der Waals surface area contributed by atoms with Crippen LogP contribution in [0, 0.1) is 0 Å². The molecular formula is C17H21ClN4O. The summed E-state index contributed by atoms with van der Waals surface area (Å²) in [5.41, 5.74) is 1.58. The highest BCUT2D eigenvalue weighted by atomic mass is 35.5. The van der Waals surface area contributed by atoms with E-state index in [-0.39, 0.29) is 0 Å². The van der Waals surface area contributed by atoms with Crippen LogP contribution >= 0.6 is 11.6 Å². The molecule has 0 aliphatic heterocycles. The average molecular weight is 333 g/mol. The molecule has 0 saturated carbocycles. The van der Waals surface area contributed by atoms with Crippen molar-refractivity contribution in [1.82, 2.24) is 15.6 Å². The maximum absolute atomic E-state index is 10.3. The first-order valence-electron chi connectivity index (χ1n) is 7.55. The second-order valence-corrected chi connectivity index (χ2v) is 5.34. The van der Waals surface area contributed by atoms with Gasteiger partial charge in [-0.1, -0.05) is 35.9 Å². The van der Waals surface area contributed by atoms with Crippen molar-refractivity contribution in [2.24, 2.45) is 4.99 Å². The largest absolute Gasteiger partial charge is 0.387 e. The van der Waals surface area contributed by atoms with Gasteiger partial charge in [0.15, 0.2) is 5.96 Å². The summed E-state index contributed by atoms with van der Waals surface area (Å²) < 4.78 is 0. The second kappa shape index (κ2) is 9.12. The number of hydrogen-bond donors (Lipinski definition) is 3. The minimum Gasteiger partial charge on any atom is -0.387 e. The van der Waals surface area contributed by atoms with E-state index in [4.69, 9.17) is 11.6 Å². The molecule has 2 rings (SSSR count). The third-order valence-electron chi connectivity index (χ3n) is 3.20. The van der Waals surface area contributed by atoms with Crippen molar-refractivity contribution < 1.29 is 5.11 Å². The Kier molecular flexibility index (Phi) is 6.84. The van der Waals surface area contributed by atoms with E-state index in [9.17, 15) is 5.11 Å². The van der Waals surface area contributed by atoms with Gasteiger partial charge >= 0.3 is 0 Å². The van der Waals surface area contributed by atoms with Gasteiger partial charge in [0.25, 0.3) is 0 Å². The van der Waals surface area contributed by atoms with Gasteiger partial charge in [-0.25, -0.2) is 4.99 Å². The second-order valence-electron chi connectivity index (χ2n) is 4.93. The molecule has 0 radical (unpaired) electrons. The first-order chi connectivity index (χ1) is 11.2. The minimum absolute atomic E-state index is 0.317. The Morgan fingerprint density at radius 1 is 1.22 bits per heavy atom. The van der Waals surface area contributed by atoms with Crippen LogP contribution in [0.15, 0.2) is 53.7 Å². The molecule has 122 valence electrons. The average Bonchev–Trinajstić information content (AvgIpc) is 2.58. The number of pyridine rings is 1. The van der Waals surface area contributed by atoms with Crippen LogP contribution in [0.5, 0.6) is 0 Å². The highest BCUT2D eigenvalue weighted by Crippen LogP contribution is 2.21. The van der Waals surface area contributed by atoms with Crippen LogP contribution < -0.4 is 10.6 Å². The van der Waals surface area contributed by atoms with Gasteiger partial charge < -0.3 is 15.7 Å². The molecule has 1 heterocycles. The first kappa shape index (κ1) is 17.2. The molecule has 0 spiro atoms. The van der Waals surface area contributed by atoms with Gasteiger partial charge in [0, 0.05) is 29.9 Å². The Morgan fingerprint density at radius 3 is 2.70 bits per heavy atom. The zero-order valence-electron chi connectivity index (χ0n) is 13.0. The quantitative estimate of drug-likeness (QED) is 0.561. The highest BCUT2D eigenvalue weighted by Gasteiger charge is 2.11. The van der Waals surface area contributed by atoms with Gasteiger partial charge in [-0.05, 0) is 25.1 Å². The Bertz CT molecular complexity index is 634. The summed E-state index contributed by atoms with van der Waals surface area (Å²) in [6, 6.07) is 13.0. The maximum atomic E-state index is 10.3. The number of aliphatic hydroxyl groups is 1. The fourth-order valence-electron chi connectivity index (χ4n) is 2.04. The lowest BCUT2D eigenvalue weighted by molar-refractivity contribution is 0.181. The molecule has 1 aromatic carbocycles. The van der Waals surface area contributed by atoms with Crippen molar-refractivity contribution in [3.8, 4) is 0 Å². The van der Waals surface area contributed by atoms with Gasteiger partial charge in [-0.2, -0.15) is 0 Å². The van der Waals surface area contributed by atoms with Crippen LogP contribution in [0.2, 0.25) is 5.02 Å². The van der Waals surface area contributed by atoms with E-state index < -0.39 is 6.10 Å². The van der Waals surface area contributed by atoms with Crippen molar-refractivity contribution in [3.63, 3.8) is 0 Å². The number of nitrogens with one attached hydrogen (secondary N) is 2. The molecule has 3 N–H and O–H groups in total. The topological polar surface area (TPSA) is 69.5 Å². The number of hydrogen-bond acceptors (Lipinski definition) is 3. The molecule has 0 fully saturated rings. The maximum Gasteiger partial charge on any atom is 0.191 e. The predicted octanol–water partition coefficient (Wildman–Crippen LogP) is 2.52. The summed E-state index contributed by atoms with van der Waals surface area (Å²) in [5.74, 6) is 0.629. The zero-order valence-corrected chi connectivity index (χ0v) is 13.8. The lowest BCUT2D eigenvalue weighted by Gasteiger charge is -2.16. The van der Waals surface area contributed by atoms with Gasteiger partial charge in [-0.3, -0.25) is 4.98 Å². The third kappa shape index (κ3) is 5.54. The molecule has 0 amide bonds. The lowest BCUT2D eigenvalue weighted by atomic mass is 10.1. The summed E-state index contributed by atoms with van der Waals surface area (Å²) in [5, 5.41) is 17.1. The number of guanidine groups is 1. The monoisotopic (exact) mass is 332 g/mol. The number of aromatic nitrogens is 1. The van der Waals surface area contributed by atoms with Crippen molar-refractivity contribution in [2.45, 2.75) is 19.6 Å². The number of halogens is 1. The van der Waals surface area contributed by atoms with Gasteiger partial charge in [0.05, 0.1) is 18.3 Å². The summed E-state index contributed by atoms with van der Waals surface area (Å²) in [6.07, 6.45) is 1.04. The first-order valence-corrected chi connectivity index (χ1v) is 7.93. The lowest BCUT2D eigenvalue weighted by Crippen LogP contribution is -2.39. The SMILES string of the molecule is CCNC(=NCc1ccccn1)NCC(O)c1ccccc1Cl. The van der Waals surface area contributed by atoms with Gasteiger partial charge in [-0.15, -0.1) is 0 Å². The molecule has 0 saturated heterocycles. The summed E-state index contributed by atoms with van der Waals surface area (Å²) in [6.45, 7) is 3.51. The molecule has 0 bridgehead atoms. The van der Waals surface area contributed by atoms with E-state index in [0.717, 1.165) is 12.2 Å². The van der Waals surface area contributed by atoms with E-state index in [2.05, 4.69) is 20.6 Å². The highest BCUT2D eigenvalue weighted by molar-refractivity contribution is 6.31. The fourth-order valence-corrected chi connectivity index (χ4v) is 2.30. The normalized spacial score (nSPS) is 12.7. The van der Waals surface area contributed by atoms with Crippen molar-refractivity contribution >= 4 is 17.6 Å². The predicted molar refractivity (Wildman–Crippen MR) is 93.5 cm³/mol. The standard InChI is InChI=1S/C17H21ClN4O/c1-2-19-17(21-11-13-7-5-6-10-20-13)22-12-16(23)14-8-3-4-9-15(14)18/h3-10,16,23H,2,11-12H2,1H3,(H2,19,21,22). The summed E-state index contributed by atoms with van der Waals surface area (Å²) in [4.78, 5) is 8.70. The van der Waals surface area contributed by atoms with Crippen LogP contribution in [0.1, 0.15) is 24.3 Å². The van der Waals surface area contributed by atoms with Crippen LogP contribution in [-0.4, -0.2) is 29.1 Å². The number of rotatable bonds is 6. The minimum atomic E-state index is -0.706. The Hall–Kier alpha value is -2.11. The van der Waals surface area contributed by atoms with Crippen LogP contribution in [0.4, 0.5) is 0 Å². The Morgan fingerprint density at radius 2 is 2.00 bits per heavy atom. The van der Waals surface area contributed by atoms with Crippen LogP contribution in [-0.2, 0) is 6.54 Å². The molecular weight excluding hydrogens is 312 g/mol. The molecule has 0 aliphatic rings. The Labute approximate surface area is 141 Å². The van der Waals surface area contributed by atoms with Crippen LogP contribution in [0.25, 0.3) is 0 Å². The molecule has 1 unspecified atom stereocenters. The van der Waals surface area contributed by atoms with E-state index in [1.807, 2.05) is 43.3 Å². The van der Waals surface area contributed by atoms with Crippen molar-refractivity contribution in [3.05, 3.63) is 64.9 Å². The fraction of sp³-hybridized carbons (Fsp3) is 0.294. The third-order valence-corrected chi connectivity index (χ3v) is 3.54. The Balaban J connectivity index is 1.95. The molecule has 1 aromatic heterocycles. The molecule has 6 heteroatoms. The summed E-state index contributed by atoms with van der Waals surface area (Å²) >= 11 is 6.09. The van der Waals surface area contributed by atoms with Gasteiger partial charge in [0.2, 0.25) is 0 Å². The molecule has 23 heavy (non-hydrogen) atoms. The smallest absolute Gasteiger partial charge is 0.191 e. The molecule has 5 nitrogen and oxygen atoms in total.